The highest BCUT2D eigenvalue weighted by molar-refractivity contribution is 6.25. The van der Waals surface area contributed by atoms with Crippen molar-refractivity contribution < 1.29 is 19.2 Å². The number of rotatable bonds is 5. The number of benzene rings is 3. The Hall–Kier alpha value is -4.00. The second kappa shape index (κ2) is 7.36. The molecule has 0 bridgehead atoms. The maximum Gasteiger partial charge on any atom is 0.261 e. The third kappa shape index (κ3) is 3.24. The lowest BCUT2D eigenvalue weighted by atomic mass is 9.94. The van der Waals surface area contributed by atoms with Gasteiger partial charge in [0.25, 0.3) is 17.7 Å². The van der Waals surface area contributed by atoms with E-state index in [1.165, 1.54) is 4.90 Å². The van der Waals surface area contributed by atoms with E-state index in [-0.39, 0.29) is 36.6 Å². The van der Waals surface area contributed by atoms with Crippen molar-refractivity contribution in [2.75, 3.05) is 11.9 Å². The Morgan fingerprint density at radius 1 is 0.935 bits per heavy atom. The molecule has 0 fully saturated rings. The molecular weight excluding hydrogens is 394 g/mol. The van der Waals surface area contributed by atoms with Gasteiger partial charge in [-0.05, 0) is 41.6 Å². The predicted molar refractivity (Wildman–Crippen MR) is 115 cm³/mol. The maximum absolute atomic E-state index is 12.9. The van der Waals surface area contributed by atoms with E-state index in [4.69, 9.17) is 0 Å². The van der Waals surface area contributed by atoms with Crippen LogP contribution in [0.4, 0.5) is 5.69 Å². The topological polar surface area (TPSA) is 95.6 Å². The summed E-state index contributed by atoms with van der Waals surface area (Å²) < 4.78 is 0. The van der Waals surface area contributed by atoms with Crippen molar-refractivity contribution in [3.05, 3.63) is 76.9 Å². The molecule has 2 heterocycles. The van der Waals surface area contributed by atoms with Gasteiger partial charge in [0, 0.05) is 47.3 Å². The number of hydrogen-bond donors (Lipinski definition) is 2. The quantitative estimate of drug-likeness (QED) is 0.629. The first-order chi connectivity index (χ1) is 15.0. The summed E-state index contributed by atoms with van der Waals surface area (Å²) in [5, 5.41) is 7.06. The molecule has 0 aromatic heterocycles. The summed E-state index contributed by atoms with van der Waals surface area (Å²) in [4.78, 5) is 51.1. The highest BCUT2D eigenvalue weighted by Crippen LogP contribution is 2.30. The zero-order chi connectivity index (χ0) is 21.5. The van der Waals surface area contributed by atoms with Crippen LogP contribution in [-0.4, -0.2) is 35.1 Å². The molecule has 0 atom stereocenters. The van der Waals surface area contributed by atoms with E-state index in [1.807, 2.05) is 18.2 Å². The number of imide groups is 1. The van der Waals surface area contributed by atoms with E-state index in [1.54, 1.807) is 36.4 Å². The molecule has 2 aliphatic heterocycles. The van der Waals surface area contributed by atoms with Crippen molar-refractivity contribution in [2.45, 2.75) is 19.4 Å². The van der Waals surface area contributed by atoms with Crippen LogP contribution in [0.15, 0.2) is 54.6 Å². The van der Waals surface area contributed by atoms with Crippen molar-refractivity contribution in [1.82, 2.24) is 10.2 Å². The molecule has 4 amide bonds. The van der Waals surface area contributed by atoms with Gasteiger partial charge in [0.15, 0.2) is 0 Å². The largest absolute Gasteiger partial charge is 0.348 e. The van der Waals surface area contributed by atoms with Gasteiger partial charge in [-0.15, -0.1) is 0 Å². The molecule has 0 spiro atoms. The van der Waals surface area contributed by atoms with Crippen LogP contribution in [0.1, 0.15) is 49.5 Å². The minimum Gasteiger partial charge on any atom is -0.348 e. The third-order valence-electron chi connectivity index (χ3n) is 5.72. The summed E-state index contributed by atoms with van der Waals surface area (Å²) in [7, 11) is 0. The minimum absolute atomic E-state index is 0.145. The van der Waals surface area contributed by atoms with Crippen LogP contribution in [0, 0.1) is 0 Å². The first kappa shape index (κ1) is 19.0. The fraction of sp³-hybridized carbons (Fsp3) is 0.167. The second-order valence-electron chi connectivity index (χ2n) is 7.68. The van der Waals surface area contributed by atoms with E-state index in [0.717, 1.165) is 10.9 Å². The average Bonchev–Trinajstić information content (AvgIpc) is 3.14. The van der Waals surface area contributed by atoms with Crippen LogP contribution < -0.4 is 10.6 Å². The van der Waals surface area contributed by atoms with E-state index in [9.17, 15) is 19.2 Å². The summed E-state index contributed by atoms with van der Waals surface area (Å²) in [5.41, 5.74) is 3.03. The number of anilines is 1. The molecule has 0 saturated heterocycles. The molecule has 2 aliphatic rings. The molecule has 3 aromatic carbocycles. The number of carbonyl (C=O) groups is 4. The number of nitrogens with one attached hydrogen (secondary N) is 2. The van der Waals surface area contributed by atoms with E-state index in [0.29, 0.717) is 40.7 Å². The summed E-state index contributed by atoms with van der Waals surface area (Å²) >= 11 is 0. The van der Waals surface area contributed by atoms with Crippen LogP contribution in [0.2, 0.25) is 0 Å². The number of hydrogen-bond acceptors (Lipinski definition) is 4. The number of fused-ring (bicyclic) bond motifs is 1. The molecular formula is C24H19N3O4. The molecule has 0 radical (unpaired) electrons. The Kier molecular flexibility index (Phi) is 4.51. The lowest BCUT2D eigenvalue weighted by Gasteiger charge is -2.27. The molecule has 5 rings (SSSR count). The molecule has 0 unspecified atom stereocenters. The molecule has 7 nitrogen and oxygen atoms in total. The Morgan fingerprint density at radius 2 is 1.65 bits per heavy atom. The molecule has 7 heteroatoms. The number of nitrogens with zero attached hydrogens (tertiary/aromatic N) is 1. The van der Waals surface area contributed by atoms with Gasteiger partial charge < -0.3 is 10.6 Å². The normalized spacial score (nSPS) is 14.6. The molecule has 0 saturated carbocycles. The summed E-state index contributed by atoms with van der Waals surface area (Å²) in [6.07, 6.45) is 0.485. The van der Waals surface area contributed by atoms with Crippen molar-refractivity contribution >= 4 is 40.1 Å². The standard InChI is InChI=1S/C24H19N3O4/c28-20(26-16-10-9-15-13-25-22(29)19(15)12-16)8-3-11-27-23(30)17-6-1-4-14-5-2-7-18(21(14)17)24(27)31/h1-2,4-7,9-10,12H,3,8,11,13H2,(H,25,29)(H,26,28). The lowest BCUT2D eigenvalue weighted by Crippen LogP contribution is -2.41. The van der Waals surface area contributed by atoms with E-state index < -0.39 is 0 Å². The highest BCUT2D eigenvalue weighted by atomic mass is 16.2. The van der Waals surface area contributed by atoms with Gasteiger partial charge >= 0.3 is 0 Å². The highest BCUT2D eigenvalue weighted by Gasteiger charge is 2.32. The van der Waals surface area contributed by atoms with Gasteiger partial charge in [0.2, 0.25) is 5.91 Å². The number of amides is 4. The molecule has 0 aliphatic carbocycles. The van der Waals surface area contributed by atoms with Crippen LogP contribution in [0.25, 0.3) is 10.8 Å². The monoisotopic (exact) mass is 413 g/mol. The van der Waals surface area contributed by atoms with Crippen molar-refractivity contribution in [2.24, 2.45) is 0 Å². The Morgan fingerprint density at radius 3 is 2.35 bits per heavy atom. The Labute approximate surface area is 178 Å². The third-order valence-corrected chi connectivity index (χ3v) is 5.72. The number of carbonyl (C=O) groups excluding carboxylic acids is 4. The Bertz CT molecular complexity index is 1230. The van der Waals surface area contributed by atoms with Gasteiger partial charge in [-0.2, -0.15) is 0 Å². The predicted octanol–water partition coefficient (Wildman–Crippen LogP) is 3.10. The zero-order valence-electron chi connectivity index (χ0n) is 16.6. The molecule has 3 aromatic rings. The Balaban J connectivity index is 1.24. The van der Waals surface area contributed by atoms with E-state index >= 15 is 0 Å². The maximum atomic E-state index is 12.9. The van der Waals surface area contributed by atoms with Crippen LogP contribution in [0.3, 0.4) is 0 Å². The summed E-state index contributed by atoms with van der Waals surface area (Å²) in [6.45, 7) is 0.652. The molecule has 2 N–H and O–H groups in total. The molecule has 31 heavy (non-hydrogen) atoms. The SMILES string of the molecule is O=C(CCCN1C(=O)c2cccc3cccc(c23)C1=O)Nc1ccc2c(c1)C(=O)NC2. The second-order valence-corrected chi connectivity index (χ2v) is 7.68. The van der Waals surface area contributed by atoms with Gasteiger partial charge in [-0.25, -0.2) is 0 Å². The van der Waals surface area contributed by atoms with Crippen molar-refractivity contribution in [3.8, 4) is 0 Å². The molecule has 154 valence electrons. The van der Waals surface area contributed by atoms with E-state index in [2.05, 4.69) is 10.6 Å². The zero-order valence-corrected chi connectivity index (χ0v) is 16.6. The first-order valence-corrected chi connectivity index (χ1v) is 10.1. The van der Waals surface area contributed by atoms with Crippen molar-refractivity contribution in [1.29, 1.82) is 0 Å². The fourth-order valence-corrected chi connectivity index (χ4v) is 4.20. The van der Waals surface area contributed by atoms with Crippen LogP contribution in [-0.2, 0) is 11.3 Å². The smallest absolute Gasteiger partial charge is 0.261 e. The van der Waals surface area contributed by atoms with Gasteiger partial charge in [0.1, 0.15) is 0 Å². The summed E-state index contributed by atoms with van der Waals surface area (Å²) in [6, 6.07) is 16.0. The summed E-state index contributed by atoms with van der Waals surface area (Å²) in [5.74, 6) is -1.06. The van der Waals surface area contributed by atoms with Crippen LogP contribution >= 0.6 is 0 Å². The van der Waals surface area contributed by atoms with Gasteiger partial charge in [-0.3, -0.25) is 24.1 Å². The minimum atomic E-state index is -0.334. The van der Waals surface area contributed by atoms with Gasteiger partial charge in [-0.1, -0.05) is 30.3 Å². The van der Waals surface area contributed by atoms with Crippen molar-refractivity contribution in [3.63, 3.8) is 0 Å². The lowest BCUT2D eigenvalue weighted by molar-refractivity contribution is -0.116. The van der Waals surface area contributed by atoms with Gasteiger partial charge in [0.05, 0.1) is 0 Å². The van der Waals surface area contributed by atoms with Crippen LogP contribution in [0.5, 0.6) is 0 Å². The fourth-order valence-electron chi connectivity index (χ4n) is 4.20. The first-order valence-electron chi connectivity index (χ1n) is 10.1. The average molecular weight is 413 g/mol.